The molecule has 0 radical (unpaired) electrons. The smallest absolute Gasteiger partial charge is 0.416 e. The topological polar surface area (TPSA) is 56.8 Å². The van der Waals surface area contributed by atoms with Gasteiger partial charge in [-0.1, -0.05) is 0 Å². The van der Waals surface area contributed by atoms with Crippen molar-refractivity contribution >= 4 is 6.02 Å². The highest BCUT2D eigenvalue weighted by molar-refractivity contribution is 5.73. The summed E-state index contributed by atoms with van der Waals surface area (Å²) in [6, 6.07) is 4.37. The first-order chi connectivity index (χ1) is 8.45. The zero-order chi connectivity index (χ0) is 13.2. The molecule has 1 heterocycles. The van der Waals surface area contributed by atoms with Crippen molar-refractivity contribution in [2.45, 2.75) is 12.2 Å². The molecule has 0 saturated heterocycles. The third kappa shape index (κ3) is 3.06. The lowest BCUT2D eigenvalue weighted by atomic mass is 10.2. The molecule has 2 rings (SSSR count). The van der Waals surface area contributed by atoms with Gasteiger partial charge in [0.2, 0.25) is 0 Å². The van der Waals surface area contributed by atoms with E-state index in [0.29, 0.717) is 12.4 Å². The standard InChI is InChI=1S/C11H11F3N2O2/c12-11(13,14)7-1-3-9(4-2-7)17-5-8-6-18-10(15)16-8/h1-4,8H,5-6H2,(H2,15,16)/t8-/m1/s1. The molecule has 7 heteroatoms. The summed E-state index contributed by atoms with van der Waals surface area (Å²) in [5.41, 5.74) is 4.60. The number of amidine groups is 1. The number of benzene rings is 1. The molecule has 18 heavy (non-hydrogen) atoms. The number of halogens is 3. The van der Waals surface area contributed by atoms with Gasteiger partial charge < -0.3 is 15.2 Å². The molecule has 2 N–H and O–H groups in total. The summed E-state index contributed by atoms with van der Waals surface area (Å²) in [5.74, 6) is 0.351. The fourth-order valence-corrected chi connectivity index (χ4v) is 1.45. The molecule has 1 atom stereocenters. The highest BCUT2D eigenvalue weighted by Gasteiger charge is 2.30. The second-order valence-corrected chi connectivity index (χ2v) is 3.77. The van der Waals surface area contributed by atoms with Crippen LogP contribution in [0.3, 0.4) is 0 Å². The lowest BCUT2D eigenvalue weighted by molar-refractivity contribution is -0.137. The first-order valence-electron chi connectivity index (χ1n) is 5.21. The third-order valence-electron chi connectivity index (χ3n) is 2.36. The van der Waals surface area contributed by atoms with E-state index in [4.69, 9.17) is 15.2 Å². The minimum absolute atomic E-state index is 0.107. The van der Waals surface area contributed by atoms with Crippen LogP contribution in [0.5, 0.6) is 5.75 Å². The largest absolute Gasteiger partial charge is 0.491 e. The number of hydrogen-bond acceptors (Lipinski definition) is 4. The average molecular weight is 260 g/mol. The van der Waals surface area contributed by atoms with Crippen LogP contribution in [-0.4, -0.2) is 25.3 Å². The van der Waals surface area contributed by atoms with E-state index < -0.39 is 11.7 Å². The predicted molar refractivity (Wildman–Crippen MR) is 58.3 cm³/mol. The zero-order valence-electron chi connectivity index (χ0n) is 9.28. The number of nitrogens with two attached hydrogens (primary N) is 1. The van der Waals surface area contributed by atoms with Crippen molar-refractivity contribution in [1.82, 2.24) is 0 Å². The highest BCUT2D eigenvalue weighted by Crippen LogP contribution is 2.30. The molecule has 0 aromatic heterocycles. The summed E-state index contributed by atoms with van der Waals surface area (Å²) in [6.45, 7) is 0.540. The summed E-state index contributed by atoms with van der Waals surface area (Å²) >= 11 is 0. The third-order valence-corrected chi connectivity index (χ3v) is 2.36. The molecule has 1 aromatic carbocycles. The molecule has 4 nitrogen and oxygen atoms in total. The van der Waals surface area contributed by atoms with E-state index in [1.807, 2.05) is 0 Å². The second-order valence-electron chi connectivity index (χ2n) is 3.77. The monoisotopic (exact) mass is 260 g/mol. The van der Waals surface area contributed by atoms with E-state index in [1.54, 1.807) is 0 Å². The Balaban J connectivity index is 1.91. The highest BCUT2D eigenvalue weighted by atomic mass is 19.4. The van der Waals surface area contributed by atoms with Gasteiger partial charge in [0.25, 0.3) is 6.02 Å². The maximum absolute atomic E-state index is 12.3. The van der Waals surface area contributed by atoms with Gasteiger partial charge in [-0.2, -0.15) is 13.2 Å². The lowest BCUT2D eigenvalue weighted by Gasteiger charge is -2.10. The van der Waals surface area contributed by atoms with Crippen LogP contribution in [0.25, 0.3) is 0 Å². The van der Waals surface area contributed by atoms with Gasteiger partial charge in [0.05, 0.1) is 5.56 Å². The molecule has 98 valence electrons. The summed E-state index contributed by atoms with van der Waals surface area (Å²) in [4.78, 5) is 3.93. The SMILES string of the molecule is NC1=N[C@H](COc2ccc(C(F)(F)F)cc2)CO1. The van der Waals surface area contributed by atoms with E-state index >= 15 is 0 Å². The van der Waals surface area contributed by atoms with E-state index in [-0.39, 0.29) is 18.7 Å². The first-order valence-corrected chi connectivity index (χ1v) is 5.21. The number of hydrogen-bond donors (Lipinski definition) is 1. The van der Waals surface area contributed by atoms with Crippen molar-refractivity contribution < 1.29 is 22.6 Å². The van der Waals surface area contributed by atoms with E-state index in [2.05, 4.69) is 4.99 Å². The van der Waals surface area contributed by atoms with Crippen LogP contribution in [0, 0.1) is 0 Å². The molecule has 0 amide bonds. The Hall–Kier alpha value is -1.92. The molecular weight excluding hydrogens is 249 g/mol. The average Bonchev–Trinajstić information content (AvgIpc) is 2.72. The molecule has 0 fully saturated rings. The lowest BCUT2D eigenvalue weighted by Crippen LogP contribution is -2.17. The van der Waals surface area contributed by atoms with Crippen molar-refractivity contribution in [3.8, 4) is 5.75 Å². The molecule has 0 unspecified atom stereocenters. The van der Waals surface area contributed by atoms with Gasteiger partial charge in [-0.25, -0.2) is 4.99 Å². The summed E-state index contributed by atoms with van der Waals surface area (Å²) in [5, 5.41) is 0. The van der Waals surface area contributed by atoms with Crippen LogP contribution in [0.4, 0.5) is 13.2 Å². The number of aliphatic imine (C=N–C) groups is 1. The van der Waals surface area contributed by atoms with E-state index in [0.717, 1.165) is 12.1 Å². The van der Waals surface area contributed by atoms with Crippen LogP contribution in [0.2, 0.25) is 0 Å². The minimum Gasteiger partial charge on any atom is -0.491 e. The van der Waals surface area contributed by atoms with E-state index in [9.17, 15) is 13.2 Å². The Kier molecular flexibility index (Phi) is 3.31. The van der Waals surface area contributed by atoms with Crippen LogP contribution in [0.1, 0.15) is 5.56 Å². The van der Waals surface area contributed by atoms with Crippen molar-refractivity contribution in [3.63, 3.8) is 0 Å². The molecule has 1 aliphatic heterocycles. The van der Waals surface area contributed by atoms with Crippen molar-refractivity contribution in [1.29, 1.82) is 0 Å². The molecule has 0 saturated carbocycles. The van der Waals surface area contributed by atoms with Crippen molar-refractivity contribution in [2.24, 2.45) is 10.7 Å². The fourth-order valence-electron chi connectivity index (χ4n) is 1.45. The van der Waals surface area contributed by atoms with Gasteiger partial charge >= 0.3 is 6.18 Å². The maximum atomic E-state index is 12.3. The van der Waals surface area contributed by atoms with Crippen LogP contribution in [-0.2, 0) is 10.9 Å². The Bertz CT molecular complexity index is 443. The Labute approximate surface area is 101 Å². The quantitative estimate of drug-likeness (QED) is 0.901. The second kappa shape index (κ2) is 4.75. The molecule has 1 aliphatic rings. The fraction of sp³-hybridized carbons (Fsp3) is 0.364. The number of rotatable bonds is 3. The van der Waals surface area contributed by atoms with Crippen LogP contribution < -0.4 is 10.5 Å². The van der Waals surface area contributed by atoms with Gasteiger partial charge in [0.1, 0.15) is 25.0 Å². The Morgan fingerprint density at radius 3 is 2.50 bits per heavy atom. The van der Waals surface area contributed by atoms with Gasteiger partial charge in [-0.05, 0) is 24.3 Å². The minimum atomic E-state index is -4.34. The van der Waals surface area contributed by atoms with E-state index in [1.165, 1.54) is 12.1 Å². The molecule has 0 aliphatic carbocycles. The van der Waals surface area contributed by atoms with Gasteiger partial charge in [-0.3, -0.25) is 0 Å². The predicted octanol–water partition coefficient (Wildman–Crippen LogP) is 1.80. The van der Waals surface area contributed by atoms with Crippen molar-refractivity contribution in [2.75, 3.05) is 13.2 Å². The molecular formula is C11H11F3N2O2. The maximum Gasteiger partial charge on any atom is 0.416 e. The van der Waals surface area contributed by atoms with Gasteiger partial charge in [-0.15, -0.1) is 0 Å². The summed E-state index contributed by atoms with van der Waals surface area (Å²) in [7, 11) is 0. The van der Waals surface area contributed by atoms with Crippen LogP contribution >= 0.6 is 0 Å². The van der Waals surface area contributed by atoms with Gasteiger partial charge in [0, 0.05) is 0 Å². The Morgan fingerprint density at radius 2 is 2.00 bits per heavy atom. The first kappa shape index (κ1) is 12.5. The summed E-state index contributed by atoms with van der Waals surface area (Å²) in [6.07, 6.45) is -4.34. The number of nitrogens with zero attached hydrogens (tertiary/aromatic N) is 1. The number of ether oxygens (including phenoxy) is 2. The Morgan fingerprint density at radius 1 is 1.33 bits per heavy atom. The molecule has 1 aromatic rings. The molecule has 0 spiro atoms. The zero-order valence-corrected chi connectivity index (χ0v) is 9.28. The number of alkyl halides is 3. The van der Waals surface area contributed by atoms with Gasteiger partial charge in [0.15, 0.2) is 0 Å². The van der Waals surface area contributed by atoms with Crippen molar-refractivity contribution in [3.05, 3.63) is 29.8 Å². The summed E-state index contributed by atoms with van der Waals surface area (Å²) < 4.78 is 47.1. The van der Waals surface area contributed by atoms with Crippen LogP contribution in [0.15, 0.2) is 29.3 Å². The normalized spacial score (nSPS) is 19.3. The molecule has 0 bridgehead atoms.